The van der Waals surface area contributed by atoms with Crippen molar-refractivity contribution in [2.24, 2.45) is 12.1 Å². The first-order valence-electron chi connectivity index (χ1n) is 7.48. The van der Waals surface area contributed by atoms with Crippen molar-refractivity contribution >= 4 is 11.6 Å². The highest BCUT2D eigenvalue weighted by atomic mass is 16.3. The fourth-order valence-corrected chi connectivity index (χ4v) is 2.81. The summed E-state index contributed by atoms with van der Waals surface area (Å²) >= 11 is 0. The van der Waals surface area contributed by atoms with Gasteiger partial charge in [0.1, 0.15) is 11.3 Å². The van der Waals surface area contributed by atoms with Crippen molar-refractivity contribution in [1.82, 2.24) is 14.6 Å². The third-order valence-electron chi connectivity index (χ3n) is 4.07. The van der Waals surface area contributed by atoms with Crippen molar-refractivity contribution in [3.05, 3.63) is 56.2 Å². The molecule has 1 atom stereocenters. The molecule has 1 aromatic carbocycles. The Balaban J connectivity index is 2.10. The third-order valence-corrected chi connectivity index (χ3v) is 4.07. The summed E-state index contributed by atoms with van der Waals surface area (Å²) in [6.45, 7) is 1.33. The summed E-state index contributed by atoms with van der Waals surface area (Å²) in [6.07, 6.45) is 0.151. The number of hydrogen-bond acceptors (Lipinski definition) is 6. The second-order valence-corrected chi connectivity index (χ2v) is 5.74. The Kier molecular flexibility index (Phi) is 3.91. The molecule has 1 aliphatic heterocycles. The maximum Gasteiger partial charge on any atom is 0.330 e. The molecule has 0 radical (unpaired) electrons. The van der Waals surface area contributed by atoms with Gasteiger partial charge in [0.05, 0.1) is 11.8 Å². The van der Waals surface area contributed by atoms with Crippen LogP contribution in [-0.2, 0) is 11.8 Å². The van der Waals surface area contributed by atoms with Crippen molar-refractivity contribution in [2.75, 3.05) is 0 Å². The molecule has 0 spiro atoms. The zero-order valence-corrected chi connectivity index (χ0v) is 13.6. The lowest BCUT2D eigenvalue weighted by molar-refractivity contribution is -0.130. The van der Waals surface area contributed by atoms with E-state index in [-0.39, 0.29) is 29.4 Å². The highest BCUT2D eigenvalue weighted by Crippen LogP contribution is 2.34. The van der Waals surface area contributed by atoms with Gasteiger partial charge in [-0.25, -0.2) is 9.80 Å². The van der Waals surface area contributed by atoms with Gasteiger partial charge in [-0.05, 0) is 17.7 Å². The van der Waals surface area contributed by atoms with Crippen LogP contribution in [0.3, 0.4) is 0 Å². The van der Waals surface area contributed by atoms with E-state index in [1.807, 2.05) is 0 Å². The van der Waals surface area contributed by atoms with Crippen LogP contribution < -0.4 is 11.2 Å². The van der Waals surface area contributed by atoms with Crippen LogP contribution in [-0.4, -0.2) is 36.4 Å². The first kappa shape index (κ1) is 16.5. The number of rotatable bonds is 2. The number of aromatic hydroxyl groups is 2. The quantitative estimate of drug-likeness (QED) is 0.716. The van der Waals surface area contributed by atoms with Crippen molar-refractivity contribution in [1.29, 1.82) is 0 Å². The number of carbonyl (C=O) groups excluding carboxylic acids is 1. The van der Waals surface area contributed by atoms with E-state index in [1.165, 1.54) is 31.1 Å². The molecule has 9 heteroatoms. The molecule has 0 saturated heterocycles. The van der Waals surface area contributed by atoms with Crippen LogP contribution in [0, 0.1) is 0 Å². The molecule has 3 N–H and O–H groups in total. The van der Waals surface area contributed by atoms with Gasteiger partial charge in [0.2, 0.25) is 11.8 Å². The zero-order valence-electron chi connectivity index (χ0n) is 13.6. The molecule has 3 rings (SSSR count). The Labute approximate surface area is 141 Å². The van der Waals surface area contributed by atoms with Gasteiger partial charge in [0, 0.05) is 20.4 Å². The Morgan fingerprint density at radius 2 is 2.04 bits per heavy atom. The highest BCUT2D eigenvalue weighted by Gasteiger charge is 2.34. The maximum absolute atomic E-state index is 12.1. The van der Waals surface area contributed by atoms with E-state index in [4.69, 9.17) is 0 Å². The average Bonchev–Trinajstić information content (AvgIpc) is 2.98. The van der Waals surface area contributed by atoms with Crippen molar-refractivity contribution in [2.45, 2.75) is 19.4 Å². The van der Waals surface area contributed by atoms with Crippen LogP contribution in [0.2, 0.25) is 0 Å². The summed E-state index contributed by atoms with van der Waals surface area (Å²) in [4.78, 5) is 37.7. The number of aromatic amines is 1. The standard InChI is InChI=1S/C16H16N4O5/c1-8(21)20-12(9-4-3-5-10(22)6-9)7-11(18-20)13-14(23)17-16(25)19(2)15(13)24/h3-6,12,22,24H,7H2,1-2H3,(H,17,23,25)/t12-/m0/s1. The smallest absolute Gasteiger partial charge is 0.330 e. The summed E-state index contributed by atoms with van der Waals surface area (Å²) in [5.74, 6) is -0.839. The summed E-state index contributed by atoms with van der Waals surface area (Å²) in [7, 11) is 1.31. The molecular formula is C16H16N4O5. The number of hydrazone groups is 1. The molecule has 25 heavy (non-hydrogen) atoms. The number of carbonyl (C=O) groups is 1. The normalized spacial score (nSPS) is 16.8. The molecule has 2 aromatic rings. The lowest BCUT2D eigenvalue weighted by Crippen LogP contribution is -2.32. The van der Waals surface area contributed by atoms with Crippen molar-refractivity contribution in [3.8, 4) is 11.6 Å². The summed E-state index contributed by atoms with van der Waals surface area (Å²) in [5, 5.41) is 25.2. The van der Waals surface area contributed by atoms with E-state index < -0.39 is 23.2 Å². The number of benzene rings is 1. The Morgan fingerprint density at radius 1 is 1.32 bits per heavy atom. The number of hydrogen-bond donors (Lipinski definition) is 3. The number of H-pyrrole nitrogens is 1. The summed E-state index contributed by atoms with van der Waals surface area (Å²) in [5.41, 5.74) is -0.874. The zero-order chi connectivity index (χ0) is 18.3. The van der Waals surface area contributed by atoms with Gasteiger partial charge >= 0.3 is 5.69 Å². The molecule has 130 valence electrons. The maximum atomic E-state index is 12.1. The van der Waals surface area contributed by atoms with E-state index in [1.54, 1.807) is 12.1 Å². The van der Waals surface area contributed by atoms with Gasteiger partial charge in [-0.1, -0.05) is 12.1 Å². The largest absolute Gasteiger partial charge is 0.508 e. The lowest BCUT2D eigenvalue weighted by Gasteiger charge is -2.20. The Hall–Kier alpha value is -3.36. The van der Waals surface area contributed by atoms with Gasteiger partial charge < -0.3 is 10.2 Å². The van der Waals surface area contributed by atoms with Gasteiger partial charge in [0.25, 0.3) is 5.56 Å². The molecule has 1 aromatic heterocycles. The Bertz CT molecular complexity index is 1000. The first-order valence-corrected chi connectivity index (χ1v) is 7.48. The predicted octanol–water partition coefficient (Wildman–Crippen LogP) is 0.182. The monoisotopic (exact) mass is 344 g/mol. The van der Waals surface area contributed by atoms with Crippen molar-refractivity contribution in [3.63, 3.8) is 0 Å². The molecule has 0 fully saturated rings. The molecule has 0 unspecified atom stereocenters. The third kappa shape index (κ3) is 2.80. The van der Waals surface area contributed by atoms with Crippen LogP contribution in [0.4, 0.5) is 0 Å². The number of nitrogens with zero attached hydrogens (tertiary/aromatic N) is 3. The fraction of sp³-hybridized carbons (Fsp3) is 0.250. The highest BCUT2D eigenvalue weighted by molar-refractivity contribution is 6.04. The number of phenols is 1. The van der Waals surface area contributed by atoms with E-state index in [0.717, 1.165) is 4.57 Å². The second kappa shape index (κ2) is 5.93. The van der Waals surface area contributed by atoms with Crippen LogP contribution in [0.15, 0.2) is 39.0 Å². The minimum absolute atomic E-state index is 0.0391. The molecular weight excluding hydrogens is 328 g/mol. The number of nitrogens with one attached hydrogen (secondary N) is 1. The SMILES string of the molecule is CC(=O)N1N=C(c2c(O)n(C)c(=O)[nH]c2=O)C[C@H]1c1cccc(O)c1. The summed E-state index contributed by atoms with van der Waals surface area (Å²) < 4.78 is 0.888. The predicted molar refractivity (Wildman–Crippen MR) is 88.5 cm³/mol. The number of amides is 1. The Morgan fingerprint density at radius 3 is 2.68 bits per heavy atom. The molecule has 1 aliphatic rings. The van der Waals surface area contributed by atoms with E-state index in [9.17, 15) is 24.6 Å². The minimum Gasteiger partial charge on any atom is -0.508 e. The number of aromatic nitrogens is 2. The van der Waals surface area contributed by atoms with E-state index in [2.05, 4.69) is 10.1 Å². The average molecular weight is 344 g/mol. The molecule has 0 saturated carbocycles. The molecule has 0 bridgehead atoms. The number of phenolic OH excluding ortho intramolecular Hbond substituents is 1. The van der Waals surface area contributed by atoms with E-state index >= 15 is 0 Å². The van der Waals surface area contributed by atoms with Gasteiger partial charge in [-0.2, -0.15) is 5.10 Å². The van der Waals surface area contributed by atoms with Crippen LogP contribution in [0.1, 0.15) is 30.5 Å². The first-order chi connectivity index (χ1) is 11.8. The molecule has 1 amide bonds. The van der Waals surface area contributed by atoms with Crippen LogP contribution >= 0.6 is 0 Å². The fourth-order valence-electron chi connectivity index (χ4n) is 2.81. The van der Waals surface area contributed by atoms with Gasteiger partial charge in [-0.3, -0.25) is 19.1 Å². The molecule has 9 nitrogen and oxygen atoms in total. The van der Waals surface area contributed by atoms with Gasteiger partial charge in [-0.15, -0.1) is 0 Å². The minimum atomic E-state index is -0.778. The van der Waals surface area contributed by atoms with Crippen LogP contribution in [0.25, 0.3) is 0 Å². The lowest BCUT2D eigenvalue weighted by atomic mass is 9.99. The summed E-state index contributed by atoms with van der Waals surface area (Å²) in [6, 6.07) is 5.84. The molecule has 2 heterocycles. The van der Waals surface area contributed by atoms with Crippen LogP contribution in [0.5, 0.6) is 11.6 Å². The molecule has 0 aliphatic carbocycles. The second-order valence-electron chi connectivity index (χ2n) is 5.74. The van der Waals surface area contributed by atoms with Gasteiger partial charge in [0.15, 0.2) is 0 Å². The van der Waals surface area contributed by atoms with Crippen molar-refractivity contribution < 1.29 is 15.0 Å². The topological polar surface area (TPSA) is 128 Å². The van der Waals surface area contributed by atoms with E-state index in [0.29, 0.717) is 5.56 Å².